The number of nitrogens with zero attached hydrogens (tertiary/aromatic N) is 2. The standard InChI is InChI=1S/C20H31N3O6/c1-20(2,3)29-19(24)21-14-15-13-16(27-4)9-10-22(15)11-12-28-18-8-6-5-7-17(18)23(25)26/h5-8,15-16H,9-14H2,1-4H3,(H,21,24). The number of piperidine rings is 1. The van der Waals surface area contributed by atoms with Gasteiger partial charge in [0.15, 0.2) is 5.75 Å². The molecule has 1 saturated heterocycles. The molecule has 0 spiro atoms. The second-order valence-corrected chi connectivity index (χ2v) is 8.03. The molecule has 9 nitrogen and oxygen atoms in total. The molecule has 1 aromatic carbocycles. The van der Waals surface area contributed by atoms with Crippen LogP contribution in [0.4, 0.5) is 10.5 Å². The molecule has 1 heterocycles. The van der Waals surface area contributed by atoms with E-state index in [-0.39, 0.29) is 23.6 Å². The lowest BCUT2D eigenvalue weighted by molar-refractivity contribution is -0.385. The second kappa shape index (κ2) is 10.4. The van der Waals surface area contributed by atoms with E-state index in [4.69, 9.17) is 14.2 Å². The molecule has 1 amide bonds. The molecule has 1 aromatic rings. The van der Waals surface area contributed by atoms with E-state index in [9.17, 15) is 14.9 Å². The first-order valence-corrected chi connectivity index (χ1v) is 9.79. The summed E-state index contributed by atoms with van der Waals surface area (Å²) >= 11 is 0. The Labute approximate surface area is 171 Å². The van der Waals surface area contributed by atoms with E-state index in [1.165, 1.54) is 6.07 Å². The average molecular weight is 409 g/mol. The van der Waals surface area contributed by atoms with E-state index in [0.29, 0.717) is 19.7 Å². The summed E-state index contributed by atoms with van der Waals surface area (Å²) in [5, 5.41) is 13.9. The van der Waals surface area contributed by atoms with E-state index in [2.05, 4.69) is 10.2 Å². The topological polar surface area (TPSA) is 103 Å². The lowest BCUT2D eigenvalue weighted by atomic mass is 9.99. The minimum Gasteiger partial charge on any atom is -0.485 e. The Bertz CT molecular complexity index is 691. The van der Waals surface area contributed by atoms with Crippen LogP contribution < -0.4 is 10.1 Å². The summed E-state index contributed by atoms with van der Waals surface area (Å²) in [6.45, 7) is 7.58. The van der Waals surface area contributed by atoms with Gasteiger partial charge in [-0.05, 0) is 39.7 Å². The number of carbonyl (C=O) groups is 1. The third-order valence-electron chi connectivity index (χ3n) is 4.70. The number of alkyl carbamates (subject to hydrolysis) is 1. The fourth-order valence-electron chi connectivity index (χ4n) is 3.30. The predicted octanol–water partition coefficient (Wildman–Crippen LogP) is 2.98. The zero-order valence-electron chi connectivity index (χ0n) is 17.6. The van der Waals surface area contributed by atoms with Gasteiger partial charge in [0.2, 0.25) is 0 Å². The number of para-hydroxylation sites is 2. The van der Waals surface area contributed by atoms with Crippen molar-refractivity contribution >= 4 is 11.8 Å². The number of carbonyl (C=O) groups excluding carboxylic acids is 1. The van der Waals surface area contributed by atoms with Crippen LogP contribution in [0.25, 0.3) is 0 Å². The maximum atomic E-state index is 12.0. The Kier molecular flexibility index (Phi) is 8.21. The van der Waals surface area contributed by atoms with E-state index in [0.717, 1.165) is 19.4 Å². The van der Waals surface area contributed by atoms with Crippen LogP contribution in [0.1, 0.15) is 33.6 Å². The number of hydrogen-bond donors (Lipinski definition) is 1. The lowest BCUT2D eigenvalue weighted by Gasteiger charge is -2.39. The van der Waals surface area contributed by atoms with Crippen molar-refractivity contribution in [1.82, 2.24) is 10.2 Å². The Balaban J connectivity index is 1.91. The molecule has 0 radical (unpaired) electrons. The van der Waals surface area contributed by atoms with Gasteiger partial charge in [0.05, 0.1) is 11.0 Å². The number of benzene rings is 1. The minimum absolute atomic E-state index is 0.0475. The van der Waals surface area contributed by atoms with Crippen molar-refractivity contribution in [2.75, 3.05) is 33.4 Å². The van der Waals surface area contributed by atoms with Gasteiger partial charge < -0.3 is 19.5 Å². The summed E-state index contributed by atoms with van der Waals surface area (Å²) in [6, 6.07) is 6.40. The Morgan fingerprint density at radius 2 is 2.07 bits per heavy atom. The van der Waals surface area contributed by atoms with Gasteiger partial charge in [0.1, 0.15) is 12.2 Å². The smallest absolute Gasteiger partial charge is 0.407 e. The van der Waals surface area contributed by atoms with Crippen molar-refractivity contribution in [3.63, 3.8) is 0 Å². The number of nitro benzene ring substituents is 1. The van der Waals surface area contributed by atoms with Crippen LogP contribution in [0.2, 0.25) is 0 Å². The van der Waals surface area contributed by atoms with Gasteiger partial charge in [-0.15, -0.1) is 0 Å². The molecular weight excluding hydrogens is 378 g/mol. The number of rotatable bonds is 8. The molecule has 0 bridgehead atoms. The summed E-state index contributed by atoms with van der Waals surface area (Å²) in [5.41, 5.74) is -0.599. The van der Waals surface area contributed by atoms with Crippen LogP contribution in [0, 0.1) is 10.1 Å². The van der Waals surface area contributed by atoms with Crippen molar-refractivity contribution < 1.29 is 23.9 Å². The maximum Gasteiger partial charge on any atom is 0.407 e. The predicted molar refractivity (Wildman–Crippen MR) is 108 cm³/mol. The molecule has 1 N–H and O–H groups in total. The third-order valence-corrected chi connectivity index (χ3v) is 4.70. The zero-order valence-corrected chi connectivity index (χ0v) is 17.6. The highest BCUT2D eigenvalue weighted by molar-refractivity contribution is 5.67. The van der Waals surface area contributed by atoms with Crippen LogP contribution in [-0.4, -0.2) is 67.0 Å². The van der Waals surface area contributed by atoms with Crippen LogP contribution in [0.3, 0.4) is 0 Å². The van der Waals surface area contributed by atoms with Gasteiger partial charge in [-0.2, -0.15) is 0 Å². The highest BCUT2D eigenvalue weighted by atomic mass is 16.6. The molecule has 2 unspecified atom stereocenters. The normalized spacial score (nSPS) is 20.1. The molecule has 2 atom stereocenters. The average Bonchev–Trinajstić information content (AvgIpc) is 2.66. The first-order valence-electron chi connectivity index (χ1n) is 9.79. The van der Waals surface area contributed by atoms with Gasteiger partial charge in [-0.25, -0.2) is 4.79 Å². The molecule has 9 heteroatoms. The van der Waals surface area contributed by atoms with E-state index in [1.807, 2.05) is 20.8 Å². The SMILES string of the molecule is COC1CCN(CCOc2ccccc2[N+](=O)[O-])C(CNC(=O)OC(C)(C)C)C1. The van der Waals surface area contributed by atoms with Crippen LogP contribution >= 0.6 is 0 Å². The number of nitrogens with one attached hydrogen (secondary N) is 1. The fraction of sp³-hybridized carbons (Fsp3) is 0.650. The Hall–Kier alpha value is -2.39. The van der Waals surface area contributed by atoms with E-state index < -0.39 is 16.6 Å². The van der Waals surface area contributed by atoms with Gasteiger partial charge in [-0.3, -0.25) is 15.0 Å². The fourth-order valence-corrected chi connectivity index (χ4v) is 3.30. The summed E-state index contributed by atoms with van der Waals surface area (Å²) in [5.74, 6) is 0.257. The monoisotopic (exact) mass is 409 g/mol. The largest absolute Gasteiger partial charge is 0.485 e. The molecular formula is C20H31N3O6. The molecule has 29 heavy (non-hydrogen) atoms. The number of ether oxygens (including phenoxy) is 3. The van der Waals surface area contributed by atoms with Crippen LogP contribution in [-0.2, 0) is 9.47 Å². The molecule has 0 aromatic heterocycles. The molecule has 0 aliphatic carbocycles. The van der Waals surface area contributed by atoms with Crippen molar-refractivity contribution in [1.29, 1.82) is 0 Å². The first kappa shape index (κ1) is 22.9. The molecule has 162 valence electrons. The van der Waals surface area contributed by atoms with Crippen molar-refractivity contribution in [2.45, 2.75) is 51.4 Å². The highest BCUT2D eigenvalue weighted by Gasteiger charge is 2.29. The van der Waals surface area contributed by atoms with Crippen molar-refractivity contribution in [3.05, 3.63) is 34.4 Å². The van der Waals surface area contributed by atoms with Gasteiger partial charge in [0.25, 0.3) is 0 Å². The zero-order chi connectivity index (χ0) is 21.4. The summed E-state index contributed by atoms with van der Waals surface area (Å²) in [7, 11) is 1.69. The number of methoxy groups -OCH3 is 1. The van der Waals surface area contributed by atoms with Crippen molar-refractivity contribution in [2.24, 2.45) is 0 Å². The summed E-state index contributed by atoms with van der Waals surface area (Å²) < 4.78 is 16.5. The lowest BCUT2D eigenvalue weighted by Crippen LogP contribution is -2.51. The number of amides is 1. The maximum absolute atomic E-state index is 12.0. The van der Waals surface area contributed by atoms with Crippen LogP contribution in [0.5, 0.6) is 5.75 Å². The van der Waals surface area contributed by atoms with E-state index >= 15 is 0 Å². The van der Waals surface area contributed by atoms with Gasteiger partial charge in [-0.1, -0.05) is 12.1 Å². The third kappa shape index (κ3) is 7.51. The summed E-state index contributed by atoms with van der Waals surface area (Å²) in [4.78, 5) is 24.9. The molecule has 0 saturated carbocycles. The minimum atomic E-state index is -0.552. The Morgan fingerprint density at radius 1 is 1.34 bits per heavy atom. The Morgan fingerprint density at radius 3 is 2.72 bits per heavy atom. The molecule has 1 fully saturated rings. The number of nitro groups is 1. The second-order valence-electron chi connectivity index (χ2n) is 8.03. The highest BCUT2D eigenvalue weighted by Crippen LogP contribution is 2.26. The first-order chi connectivity index (χ1) is 13.7. The number of hydrogen-bond acceptors (Lipinski definition) is 7. The van der Waals surface area contributed by atoms with Gasteiger partial charge >= 0.3 is 11.8 Å². The van der Waals surface area contributed by atoms with Crippen molar-refractivity contribution in [3.8, 4) is 5.75 Å². The van der Waals surface area contributed by atoms with Crippen LogP contribution in [0.15, 0.2) is 24.3 Å². The quantitative estimate of drug-likeness (QED) is 0.520. The molecule has 1 aliphatic heterocycles. The molecule has 2 rings (SSSR count). The van der Waals surface area contributed by atoms with E-state index in [1.54, 1.807) is 25.3 Å². The number of likely N-dealkylation sites (tertiary alicyclic amines) is 1. The van der Waals surface area contributed by atoms with Gasteiger partial charge in [0, 0.05) is 38.9 Å². The molecule has 1 aliphatic rings. The summed E-state index contributed by atoms with van der Waals surface area (Å²) in [6.07, 6.45) is 1.34.